The van der Waals surface area contributed by atoms with Gasteiger partial charge in [-0.15, -0.1) is 0 Å². The molecule has 0 radical (unpaired) electrons. The summed E-state index contributed by atoms with van der Waals surface area (Å²) in [4.78, 5) is 25.7. The number of azide groups is 1. The van der Waals surface area contributed by atoms with Gasteiger partial charge in [0.25, 0.3) is 0 Å². The topological polar surface area (TPSA) is 113 Å². The molecule has 0 aromatic rings. The zero-order valence-electron chi connectivity index (χ0n) is 10.3. The lowest BCUT2D eigenvalue weighted by Gasteiger charge is -2.32. The number of hydrogen-bond acceptors (Lipinski definition) is 6. The first kappa shape index (κ1) is 14.3. The standard InChI is InChI=1S/C10H16N4O4/c1-17-9(15)7-3-6(5-12-14-11)4-8(13-7)10(16)18-2/h6-8,13H,3-5H2,1-2H3/t6?,7-,8+. The number of nitrogens with zero attached hydrogens (tertiary/aromatic N) is 3. The van der Waals surface area contributed by atoms with Gasteiger partial charge < -0.3 is 9.47 Å². The molecule has 0 saturated carbocycles. The number of ether oxygens (including phenoxy) is 2. The van der Waals surface area contributed by atoms with Gasteiger partial charge in [-0.1, -0.05) is 5.11 Å². The molecule has 3 atom stereocenters. The summed E-state index contributed by atoms with van der Waals surface area (Å²) in [6.07, 6.45) is 0.943. The zero-order valence-corrected chi connectivity index (χ0v) is 10.3. The minimum Gasteiger partial charge on any atom is -0.468 e. The molecule has 1 fully saturated rings. The molecule has 0 aromatic carbocycles. The Balaban J connectivity index is 2.74. The summed E-state index contributed by atoms with van der Waals surface area (Å²) in [5, 5.41) is 6.36. The van der Waals surface area contributed by atoms with Crippen LogP contribution in [0.2, 0.25) is 0 Å². The number of methoxy groups -OCH3 is 2. The van der Waals surface area contributed by atoms with E-state index in [1.807, 2.05) is 0 Å². The Morgan fingerprint density at radius 1 is 1.28 bits per heavy atom. The van der Waals surface area contributed by atoms with Crippen LogP contribution in [0.3, 0.4) is 0 Å². The molecule has 1 heterocycles. The van der Waals surface area contributed by atoms with Crippen LogP contribution in [0.15, 0.2) is 5.11 Å². The van der Waals surface area contributed by atoms with E-state index in [0.29, 0.717) is 12.8 Å². The third-order valence-corrected chi connectivity index (χ3v) is 2.91. The van der Waals surface area contributed by atoms with E-state index in [1.165, 1.54) is 14.2 Å². The quantitative estimate of drug-likeness (QED) is 0.338. The van der Waals surface area contributed by atoms with Crippen molar-refractivity contribution in [1.29, 1.82) is 0 Å². The van der Waals surface area contributed by atoms with E-state index >= 15 is 0 Å². The molecule has 1 rings (SSSR count). The molecular formula is C10H16N4O4. The van der Waals surface area contributed by atoms with Crippen molar-refractivity contribution in [3.63, 3.8) is 0 Å². The van der Waals surface area contributed by atoms with Crippen LogP contribution in [0.5, 0.6) is 0 Å². The van der Waals surface area contributed by atoms with Crippen molar-refractivity contribution in [3.05, 3.63) is 10.4 Å². The lowest BCUT2D eigenvalue weighted by molar-refractivity contribution is -0.148. The highest BCUT2D eigenvalue weighted by Crippen LogP contribution is 2.22. The Morgan fingerprint density at radius 2 is 1.78 bits per heavy atom. The summed E-state index contributed by atoms with van der Waals surface area (Å²) in [5.74, 6) is -0.917. The second-order valence-electron chi connectivity index (χ2n) is 4.07. The summed E-state index contributed by atoms with van der Waals surface area (Å²) < 4.78 is 9.29. The molecular weight excluding hydrogens is 240 g/mol. The third kappa shape index (κ3) is 3.61. The molecule has 1 unspecified atom stereocenters. The first-order valence-electron chi connectivity index (χ1n) is 5.55. The van der Waals surface area contributed by atoms with Gasteiger partial charge >= 0.3 is 11.9 Å². The van der Waals surface area contributed by atoms with Crippen LogP contribution in [0.1, 0.15) is 12.8 Å². The fourth-order valence-corrected chi connectivity index (χ4v) is 2.06. The van der Waals surface area contributed by atoms with Crippen molar-refractivity contribution in [2.45, 2.75) is 24.9 Å². The molecule has 100 valence electrons. The monoisotopic (exact) mass is 256 g/mol. The van der Waals surface area contributed by atoms with Gasteiger partial charge in [-0.05, 0) is 24.3 Å². The molecule has 18 heavy (non-hydrogen) atoms. The van der Waals surface area contributed by atoms with Gasteiger partial charge in [0.1, 0.15) is 12.1 Å². The Labute approximate surface area is 104 Å². The second kappa shape index (κ2) is 6.83. The van der Waals surface area contributed by atoms with E-state index in [1.54, 1.807) is 0 Å². The van der Waals surface area contributed by atoms with Gasteiger partial charge in [-0.3, -0.25) is 14.9 Å². The van der Waals surface area contributed by atoms with E-state index in [9.17, 15) is 9.59 Å². The average molecular weight is 256 g/mol. The third-order valence-electron chi connectivity index (χ3n) is 2.91. The maximum absolute atomic E-state index is 11.5. The minimum atomic E-state index is -0.577. The molecule has 1 aliphatic rings. The van der Waals surface area contributed by atoms with Gasteiger partial charge in [0.15, 0.2) is 0 Å². The summed E-state index contributed by atoms with van der Waals surface area (Å²) in [6, 6.07) is -1.15. The van der Waals surface area contributed by atoms with Crippen molar-refractivity contribution in [2.75, 3.05) is 20.8 Å². The number of carbonyl (C=O) groups excluding carboxylic acids is 2. The highest BCUT2D eigenvalue weighted by molar-refractivity contribution is 5.80. The van der Waals surface area contributed by atoms with Crippen molar-refractivity contribution >= 4 is 11.9 Å². The van der Waals surface area contributed by atoms with E-state index in [-0.39, 0.29) is 12.5 Å². The van der Waals surface area contributed by atoms with E-state index in [2.05, 4.69) is 24.8 Å². The second-order valence-corrected chi connectivity index (χ2v) is 4.07. The summed E-state index contributed by atoms with van der Waals surface area (Å²) in [6.45, 7) is 0.249. The van der Waals surface area contributed by atoms with Gasteiger partial charge in [-0.25, -0.2) is 0 Å². The molecule has 0 amide bonds. The molecule has 0 bridgehead atoms. The molecule has 0 aliphatic carbocycles. The Bertz CT molecular complexity index is 343. The smallest absolute Gasteiger partial charge is 0.322 e. The van der Waals surface area contributed by atoms with E-state index in [4.69, 9.17) is 5.53 Å². The summed E-state index contributed by atoms with van der Waals surface area (Å²) in [5.41, 5.74) is 8.30. The minimum absolute atomic E-state index is 0.0460. The number of nitrogens with one attached hydrogen (secondary N) is 1. The molecule has 1 saturated heterocycles. The first-order valence-corrected chi connectivity index (χ1v) is 5.55. The number of esters is 2. The van der Waals surface area contributed by atoms with Crippen LogP contribution in [-0.4, -0.2) is 44.8 Å². The lowest BCUT2D eigenvalue weighted by atomic mass is 9.88. The van der Waals surface area contributed by atoms with Gasteiger partial charge in [0.2, 0.25) is 0 Å². The van der Waals surface area contributed by atoms with Crippen LogP contribution >= 0.6 is 0 Å². The predicted octanol–water partition coefficient (Wildman–Crippen LogP) is 0.379. The van der Waals surface area contributed by atoms with E-state index < -0.39 is 24.0 Å². The van der Waals surface area contributed by atoms with Crippen LogP contribution < -0.4 is 5.32 Å². The highest BCUT2D eigenvalue weighted by Gasteiger charge is 2.36. The van der Waals surface area contributed by atoms with Gasteiger partial charge in [-0.2, -0.15) is 0 Å². The summed E-state index contributed by atoms with van der Waals surface area (Å²) >= 11 is 0. The van der Waals surface area contributed by atoms with Gasteiger partial charge in [0.05, 0.1) is 14.2 Å². The number of hydrogen-bond donors (Lipinski definition) is 1. The number of piperidine rings is 1. The SMILES string of the molecule is COC(=O)[C@@H]1CC(CN=[N+]=[N-])C[C@H](C(=O)OC)N1. The molecule has 8 nitrogen and oxygen atoms in total. The highest BCUT2D eigenvalue weighted by atomic mass is 16.5. The summed E-state index contributed by atoms with van der Waals surface area (Å²) in [7, 11) is 2.57. The van der Waals surface area contributed by atoms with Crippen LogP contribution in [0.25, 0.3) is 10.4 Å². The first-order chi connectivity index (χ1) is 8.62. The van der Waals surface area contributed by atoms with Crippen molar-refractivity contribution in [1.82, 2.24) is 5.32 Å². The van der Waals surface area contributed by atoms with Crippen LogP contribution in [0, 0.1) is 5.92 Å². The molecule has 0 spiro atoms. The zero-order chi connectivity index (χ0) is 13.5. The fraction of sp³-hybridized carbons (Fsp3) is 0.800. The fourth-order valence-electron chi connectivity index (χ4n) is 2.06. The van der Waals surface area contributed by atoms with Crippen molar-refractivity contribution in [2.24, 2.45) is 11.0 Å². The molecule has 8 heteroatoms. The normalized spacial score (nSPS) is 26.9. The molecule has 1 N–H and O–H groups in total. The number of carbonyl (C=O) groups is 2. The number of rotatable bonds is 4. The Morgan fingerprint density at radius 3 is 2.17 bits per heavy atom. The maximum Gasteiger partial charge on any atom is 0.322 e. The maximum atomic E-state index is 11.5. The average Bonchev–Trinajstić information content (AvgIpc) is 2.42. The Hall–Kier alpha value is -1.79. The molecule has 1 aliphatic heterocycles. The van der Waals surface area contributed by atoms with Gasteiger partial charge in [0, 0.05) is 11.5 Å². The van der Waals surface area contributed by atoms with Crippen LogP contribution in [-0.2, 0) is 19.1 Å². The van der Waals surface area contributed by atoms with E-state index in [0.717, 1.165) is 0 Å². The predicted molar refractivity (Wildman–Crippen MR) is 61.5 cm³/mol. The largest absolute Gasteiger partial charge is 0.468 e. The van der Waals surface area contributed by atoms with Crippen molar-refractivity contribution < 1.29 is 19.1 Å². The Kier molecular flexibility index (Phi) is 5.41. The molecule has 0 aromatic heterocycles. The van der Waals surface area contributed by atoms with Crippen molar-refractivity contribution in [3.8, 4) is 0 Å². The lowest BCUT2D eigenvalue weighted by Crippen LogP contribution is -2.53. The van der Waals surface area contributed by atoms with Crippen LogP contribution in [0.4, 0.5) is 0 Å².